The third-order valence-electron chi connectivity index (χ3n) is 2.32. The lowest BCUT2D eigenvalue weighted by Crippen LogP contribution is -2.32. The summed E-state index contributed by atoms with van der Waals surface area (Å²) in [6.07, 6.45) is 1.74. The molecule has 0 amide bonds. The van der Waals surface area contributed by atoms with Crippen LogP contribution in [0.3, 0.4) is 0 Å². The molecule has 3 nitrogen and oxygen atoms in total. The molecule has 1 aliphatic heterocycles. The Morgan fingerprint density at radius 3 is 2.64 bits per heavy atom. The van der Waals surface area contributed by atoms with Gasteiger partial charge in [0.05, 0.1) is 12.0 Å². The molecular weight excluding hydrogens is 180 g/mol. The molecule has 0 aromatic heterocycles. The number of hydrogen-bond donors (Lipinski definition) is 0. The number of ether oxygens (including phenoxy) is 2. The molecule has 3 heteroatoms. The van der Waals surface area contributed by atoms with Crippen molar-refractivity contribution in [2.75, 3.05) is 6.61 Å². The lowest BCUT2D eigenvalue weighted by molar-refractivity contribution is -0.161. The molecule has 0 radical (unpaired) electrons. The van der Waals surface area contributed by atoms with E-state index in [2.05, 4.69) is 0 Å². The van der Waals surface area contributed by atoms with Crippen molar-refractivity contribution < 1.29 is 14.3 Å². The topological polar surface area (TPSA) is 35.5 Å². The first-order chi connectivity index (χ1) is 6.44. The van der Waals surface area contributed by atoms with Crippen LogP contribution >= 0.6 is 0 Å². The molecule has 0 bridgehead atoms. The summed E-state index contributed by atoms with van der Waals surface area (Å²) in [5.74, 6) is -0.166. The molecule has 1 saturated heterocycles. The number of carbonyl (C=O) groups is 1. The van der Waals surface area contributed by atoms with Crippen molar-refractivity contribution in [1.29, 1.82) is 0 Å². The van der Waals surface area contributed by atoms with Crippen LogP contribution in [0.2, 0.25) is 0 Å². The summed E-state index contributed by atoms with van der Waals surface area (Å²) in [5, 5.41) is 0. The highest BCUT2D eigenvalue weighted by Crippen LogP contribution is 2.26. The van der Waals surface area contributed by atoms with Gasteiger partial charge in [0.1, 0.15) is 5.60 Å². The van der Waals surface area contributed by atoms with Crippen LogP contribution in [0.15, 0.2) is 0 Å². The maximum atomic E-state index is 11.7. The minimum Gasteiger partial charge on any atom is -0.460 e. The molecule has 0 N–H and O–H groups in total. The average Bonchev–Trinajstić information content (AvgIpc) is 2.47. The van der Waals surface area contributed by atoms with Crippen molar-refractivity contribution >= 4 is 5.97 Å². The normalized spacial score (nSPS) is 27.7. The third kappa shape index (κ3) is 2.98. The van der Waals surface area contributed by atoms with Crippen molar-refractivity contribution in [1.82, 2.24) is 0 Å². The van der Waals surface area contributed by atoms with Gasteiger partial charge in [-0.3, -0.25) is 4.79 Å². The Morgan fingerprint density at radius 1 is 1.50 bits per heavy atom. The fraction of sp³-hybridized carbons (Fsp3) is 0.909. The summed E-state index contributed by atoms with van der Waals surface area (Å²) in [6, 6.07) is 0. The van der Waals surface area contributed by atoms with Gasteiger partial charge in [0.2, 0.25) is 0 Å². The zero-order valence-electron chi connectivity index (χ0n) is 9.50. The van der Waals surface area contributed by atoms with Crippen LogP contribution < -0.4 is 0 Å². The minimum atomic E-state index is -0.391. The second-order valence-corrected chi connectivity index (χ2v) is 4.75. The molecule has 2 unspecified atom stereocenters. The van der Waals surface area contributed by atoms with E-state index >= 15 is 0 Å². The molecule has 1 fully saturated rings. The van der Waals surface area contributed by atoms with E-state index in [9.17, 15) is 4.79 Å². The van der Waals surface area contributed by atoms with Crippen LogP contribution in [0, 0.1) is 5.92 Å². The molecule has 2 atom stereocenters. The second kappa shape index (κ2) is 4.30. The van der Waals surface area contributed by atoms with Crippen LogP contribution in [-0.2, 0) is 14.3 Å². The van der Waals surface area contributed by atoms with Gasteiger partial charge in [0.25, 0.3) is 0 Å². The molecule has 1 rings (SSSR count). The lowest BCUT2D eigenvalue weighted by Gasteiger charge is -2.23. The van der Waals surface area contributed by atoms with Gasteiger partial charge < -0.3 is 9.47 Å². The average molecular weight is 200 g/mol. The molecule has 0 saturated carbocycles. The van der Waals surface area contributed by atoms with Gasteiger partial charge in [-0.25, -0.2) is 0 Å². The Kier molecular flexibility index (Phi) is 3.53. The summed E-state index contributed by atoms with van der Waals surface area (Å²) < 4.78 is 10.8. The van der Waals surface area contributed by atoms with E-state index in [1.165, 1.54) is 0 Å². The monoisotopic (exact) mass is 200 g/mol. The van der Waals surface area contributed by atoms with Crippen LogP contribution in [0.1, 0.15) is 40.5 Å². The highest BCUT2D eigenvalue weighted by molar-refractivity contribution is 5.73. The Balaban J connectivity index is 2.52. The summed E-state index contributed by atoms with van der Waals surface area (Å²) in [5.41, 5.74) is -0.391. The van der Waals surface area contributed by atoms with Gasteiger partial charge in [0, 0.05) is 6.61 Å². The minimum absolute atomic E-state index is 0.0563. The van der Waals surface area contributed by atoms with Gasteiger partial charge in [0.15, 0.2) is 0 Å². The Morgan fingerprint density at radius 2 is 2.14 bits per heavy atom. The van der Waals surface area contributed by atoms with E-state index in [0.29, 0.717) is 6.61 Å². The van der Waals surface area contributed by atoms with Gasteiger partial charge in [-0.1, -0.05) is 6.92 Å². The van der Waals surface area contributed by atoms with Crippen LogP contribution in [0.5, 0.6) is 0 Å². The lowest BCUT2D eigenvalue weighted by atomic mass is 9.99. The maximum Gasteiger partial charge on any atom is 0.312 e. The molecule has 0 aromatic rings. The van der Waals surface area contributed by atoms with E-state index in [-0.39, 0.29) is 18.0 Å². The molecule has 82 valence electrons. The van der Waals surface area contributed by atoms with Gasteiger partial charge in [-0.15, -0.1) is 0 Å². The van der Waals surface area contributed by atoms with Gasteiger partial charge in [-0.05, 0) is 33.6 Å². The smallest absolute Gasteiger partial charge is 0.312 e. The Hall–Kier alpha value is -0.570. The zero-order chi connectivity index (χ0) is 10.8. The molecule has 1 aliphatic rings. The predicted molar refractivity (Wildman–Crippen MR) is 54.0 cm³/mol. The molecule has 14 heavy (non-hydrogen) atoms. The van der Waals surface area contributed by atoms with Crippen LogP contribution in [-0.4, -0.2) is 24.3 Å². The Bertz CT molecular complexity index is 205. The zero-order valence-corrected chi connectivity index (χ0v) is 9.50. The van der Waals surface area contributed by atoms with Crippen molar-refractivity contribution in [3.05, 3.63) is 0 Å². The fourth-order valence-corrected chi connectivity index (χ4v) is 1.70. The number of carbonyl (C=O) groups excluding carboxylic acids is 1. The largest absolute Gasteiger partial charge is 0.460 e. The third-order valence-corrected chi connectivity index (χ3v) is 2.32. The number of esters is 1. The Labute approximate surface area is 85.8 Å². The molecule has 0 spiro atoms. The van der Waals surface area contributed by atoms with E-state index in [1.807, 2.05) is 27.7 Å². The fourth-order valence-electron chi connectivity index (χ4n) is 1.70. The summed E-state index contributed by atoms with van der Waals surface area (Å²) in [7, 11) is 0. The quantitative estimate of drug-likeness (QED) is 0.641. The SMILES string of the molecule is CCC1OCCC1C(=O)OC(C)(C)C. The molecule has 0 aliphatic carbocycles. The summed E-state index contributed by atoms with van der Waals surface area (Å²) in [4.78, 5) is 11.7. The van der Waals surface area contributed by atoms with Gasteiger partial charge >= 0.3 is 5.97 Å². The summed E-state index contributed by atoms with van der Waals surface area (Å²) in [6.45, 7) is 8.39. The standard InChI is InChI=1S/C11H20O3/c1-5-9-8(6-7-13-9)10(12)14-11(2,3)4/h8-9H,5-7H2,1-4H3. The van der Waals surface area contributed by atoms with E-state index in [4.69, 9.17) is 9.47 Å². The predicted octanol–water partition coefficient (Wildman–Crippen LogP) is 2.14. The first-order valence-electron chi connectivity index (χ1n) is 5.28. The first kappa shape index (κ1) is 11.5. The first-order valence-corrected chi connectivity index (χ1v) is 5.28. The summed E-state index contributed by atoms with van der Waals surface area (Å²) >= 11 is 0. The van der Waals surface area contributed by atoms with E-state index in [0.717, 1.165) is 12.8 Å². The molecular formula is C11H20O3. The van der Waals surface area contributed by atoms with Crippen LogP contribution in [0.25, 0.3) is 0 Å². The van der Waals surface area contributed by atoms with Crippen molar-refractivity contribution in [3.63, 3.8) is 0 Å². The van der Waals surface area contributed by atoms with E-state index < -0.39 is 5.60 Å². The van der Waals surface area contributed by atoms with Crippen LogP contribution in [0.4, 0.5) is 0 Å². The molecule has 1 heterocycles. The van der Waals surface area contributed by atoms with Crippen molar-refractivity contribution in [2.24, 2.45) is 5.92 Å². The maximum absolute atomic E-state index is 11.7. The van der Waals surface area contributed by atoms with Gasteiger partial charge in [-0.2, -0.15) is 0 Å². The van der Waals surface area contributed by atoms with Crippen molar-refractivity contribution in [3.8, 4) is 0 Å². The van der Waals surface area contributed by atoms with Crippen molar-refractivity contribution in [2.45, 2.75) is 52.2 Å². The highest BCUT2D eigenvalue weighted by atomic mass is 16.6. The molecule has 0 aromatic carbocycles. The van der Waals surface area contributed by atoms with E-state index in [1.54, 1.807) is 0 Å². The number of hydrogen-bond acceptors (Lipinski definition) is 3. The highest BCUT2D eigenvalue weighted by Gasteiger charge is 2.35. The number of rotatable bonds is 2. The second-order valence-electron chi connectivity index (χ2n) is 4.75.